The van der Waals surface area contributed by atoms with Gasteiger partial charge in [-0.1, -0.05) is 71.5 Å². The fourth-order valence-electron chi connectivity index (χ4n) is 5.49. The van der Waals surface area contributed by atoms with Gasteiger partial charge in [-0.3, -0.25) is 9.59 Å². The van der Waals surface area contributed by atoms with E-state index in [9.17, 15) is 14.7 Å². The largest absolute Gasteiger partial charge is 0.397 e. The molecule has 3 heterocycles. The van der Waals surface area contributed by atoms with Crippen molar-refractivity contribution in [3.05, 3.63) is 86.8 Å². The zero-order valence-electron chi connectivity index (χ0n) is 24.1. The number of thiophene rings is 1. The number of aliphatic hydroxyl groups is 1. The molecule has 0 bridgehead atoms. The van der Waals surface area contributed by atoms with E-state index in [2.05, 4.69) is 28.5 Å². The predicted molar refractivity (Wildman–Crippen MR) is 194 cm³/mol. The number of benzene rings is 2. The molecule has 11 heteroatoms. The summed E-state index contributed by atoms with van der Waals surface area (Å²) < 4.78 is 0. The van der Waals surface area contributed by atoms with Gasteiger partial charge in [0.15, 0.2) is 0 Å². The Labute approximate surface area is 282 Å². The van der Waals surface area contributed by atoms with E-state index in [0.717, 1.165) is 71.5 Å². The van der Waals surface area contributed by atoms with Crippen LogP contribution in [-0.2, 0) is 13.0 Å². The van der Waals surface area contributed by atoms with Gasteiger partial charge >= 0.3 is 0 Å². The second-order valence-electron chi connectivity index (χ2n) is 10.9. The third-order valence-corrected chi connectivity index (χ3v) is 9.18. The number of rotatable bonds is 11. The molecular formula is C35H49ClN6O3S. The number of nitrogen functional groups attached to an aromatic ring is 1. The number of anilines is 2. The number of aryl methyl sites for hydroxylation is 1. The van der Waals surface area contributed by atoms with Gasteiger partial charge in [-0.25, -0.2) is 4.98 Å². The normalized spacial score (nSPS) is 13.7. The van der Waals surface area contributed by atoms with Crippen LogP contribution in [-0.4, -0.2) is 47.6 Å². The fourth-order valence-corrected chi connectivity index (χ4v) is 6.69. The summed E-state index contributed by atoms with van der Waals surface area (Å²) in [5, 5.41) is 18.7. The first-order valence-corrected chi connectivity index (χ1v) is 15.7. The minimum absolute atomic E-state index is 0. The molecule has 5 rings (SSSR count). The topological polar surface area (TPSA) is 147 Å². The molecule has 9 nitrogen and oxygen atoms in total. The maximum atomic E-state index is 12.6. The smallest absolute Gasteiger partial charge is 0.260 e. The molecule has 0 saturated carbocycles. The molecule has 46 heavy (non-hydrogen) atoms. The number of carbonyl (C=O) groups is 2. The van der Waals surface area contributed by atoms with Crippen LogP contribution in [0.3, 0.4) is 0 Å². The molecule has 1 unspecified atom stereocenters. The highest BCUT2D eigenvalue weighted by Crippen LogP contribution is 2.37. The minimum atomic E-state index is -0.689. The Morgan fingerprint density at radius 1 is 1.11 bits per heavy atom. The van der Waals surface area contributed by atoms with Crippen molar-refractivity contribution in [1.82, 2.24) is 15.6 Å². The molecule has 2 aromatic carbocycles. The summed E-state index contributed by atoms with van der Waals surface area (Å²) in [4.78, 5) is 32.7. The highest BCUT2D eigenvalue weighted by molar-refractivity contribution is 7.21. The number of pyridine rings is 1. The fraction of sp³-hybridized carbons (Fsp3) is 0.400. The highest BCUT2D eigenvalue weighted by Gasteiger charge is 2.24. The van der Waals surface area contributed by atoms with Crippen LogP contribution < -0.4 is 27.0 Å². The number of amides is 2. The molecule has 7 N–H and O–H groups in total. The van der Waals surface area contributed by atoms with E-state index in [1.807, 2.05) is 18.2 Å². The molecule has 0 radical (unpaired) electrons. The van der Waals surface area contributed by atoms with Crippen LogP contribution in [0.2, 0.25) is 5.02 Å². The van der Waals surface area contributed by atoms with E-state index < -0.39 is 12.0 Å². The number of primary amides is 1. The number of nitrogens with two attached hydrogens (primary N) is 2. The van der Waals surface area contributed by atoms with E-state index in [1.165, 1.54) is 11.3 Å². The average Bonchev–Trinajstić information content (AvgIpc) is 3.36. The Bertz CT molecular complexity index is 1600. The first kappa shape index (κ1) is 38.5. The molecule has 1 aliphatic rings. The molecule has 1 saturated heterocycles. The van der Waals surface area contributed by atoms with Crippen molar-refractivity contribution in [2.24, 2.45) is 5.73 Å². The van der Waals surface area contributed by atoms with Crippen LogP contribution in [0, 0.1) is 0 Å². The lowest BCUT2D eigenvalue weighted by Crippen LogP contribution is -2.44. The van der Waals surface area contributed by atoms with Gasteiger partial charge in [0.2, 0.25) is 0 Å². The van der Waals surface area contributed by atoms with Crippen LogP contribution >= 0.6 is 22.9 Å². The van der Waals surface area contributed by atoms with Crippen LogP contribution in [0.1, 0.15) is 91.3 Å². The summed E-state index contributed by atoms with van der Waals surface area (Å²) in [6.07, 6.45) is 2.91. The Morgan fingerprint density at radius 2 is 1.80 bits per heavy atom. The van der Waals surface area contributed by atoms with Gasteiger partial charge in [-0.15, -0.1) is 11.3 Å². The van der Waals surface area contributed by atoms with Crippen LogP contribution in [0.5, 0.6) is 0 Å². The van der Waals surface area contributed by atoms with Gasteiger partial charge in [-0.05, 0) is 66.3 Å². The van der Waals surface area contributed by atoms with Crippen LogP contribution in [0.15, 0.2) is 54.6 Å². The van der Waals surface area contributed by atoms with Crippen molar-refractivity contribution in [2.75, 3.05) is 30.3 Å². The molecule has 1 atom stereocenters. The quantitative estimate of drug-likeness (QED) is 0.119. The third-order valence-electron chi connectivity index (χ3n) is 7.83. The maximum absolute atomic E-state index is 12.6. The van der Waals surface area contributed by atoms with E-state index >= 15 is 0 Å². The lowest BCUT2D eigenvalue weighted by Gasteiger charge is -2.34. The van der Waals surface area contributed by atoms with Gasteiger partial charge in [0, 0.05) is 48.2 Å². The van der Waals surface area contributed by atoms with Gasteiger partial charge in [-0.2, -0.15) is 0 Å². The number of fused-ring (bicyclic) bond motifs is 1. The molecule has 250 valence electrons. The summed E-state index contributed by atoms with van der Waals surface area (Å²) in [5.74, 6) is 0.186. The first-order chi connectivity index (χ1) is 20.7. The summed E-state index contributed by atoms with van der Waals surface area (Å²) in [6, 6.07) is 16.8. The summed E-state index contributed by atoms with van der Waals surface area (Å²) >= 11 is 7.28. The number of halogens is 1. The van der Waals surface area contributed by atoms with Crippen LogP contribution in [0.25, 0.3) is 10.2 Å². The van der Waals surface area contributed by atoms with Gasteiger partial charge < -0.3 is 32.1 Å². The summed E-state index contributed by atoms with van der Waals surface area (Å²) in [5.41, 5.74) is 15.6. The molecule has 0 aliphatic carbocycles. The van der Waals surface area contributed by atoms with E-state index in [4.69, 9.17) is 28.1 Å². The number of nitrogens with one attached hydrogen (secondary N) is 2. The number of hydrogen-bond acceptors (Lipinski definition) is 8. The lowest BCUT2D eigenvalue weighted by atomic mass is 10.0. The van der Waals surface area contributed by atoms with Crippen molar-refractivity contribution >= 4 is 56.5 Å². The second kappa shape index (κ2) is 17.3. The molecule has 1 fully saturated rings. The number of aromatic nitrogens is 1. The molecule has 2 aromatic heterocycles. The monoisotopic (exact) mass is 668 g/mol. The van der Waals surface area contributed by atoms with E-state index in [0.29, 0.717) is 34.2 Å². The highest BCUT2D eigenvalue weighted by atomic mass is 35.5. The van der Waals surface area contributed by atoms with Gasteiger partial charge in [0.1, 0.15) is 15.5 Å². The number of nitrogens with zero attached hydrogens (tertiary/aromatic N) is 2. The summed E-state index contributed by atoms with van der Waals surface area (Å²) in [7, 11) is 0. The number of piperidine rings is 1. The number of carbonyl (C=O) groups excluding carboxylic acids is 2. The first-order valence-electron chi connectivity index (χ1n) is 14.5. The molecule has 2 amide bonds. The predicted octanol–water partition coefficient (Wildman–Crippen LogP) is 6.71. The van der Waals surface area contributed by atoms with Crippen molar-refractivity contribution in [3.63, 3.8) is 0 Å². The summed E-state index contributed by atoms with van der Waals surface area (Å²) in [6.45, 7) is 4.56. The minimum Gasteiger partial charge on any atom is -0.397 e. The number of aliphatic hydroxyl groups excluding tert-OH is 1. The van der Waals surface area contributed by atoms with Crippen molar-refractivity contribution < 1.29 is 14.7 Å². The molecule has 0 spiro atoms. The zero-order chi connectivity index (χ0) is 30.5. The van der Waals surface area contributed by atoms with Gasteiger partial charge in [0.25, 0.3) is 11.8 Å². The van der Waals surface area contributed by atoms with Crippen molar-refractivity contribution in [3.8, 4) is 0 Å². The van der Waals surface area contributed by atoms with Crippen molar-refractivity contribution in [2.45, 2.75) is 73.6 Å². The number of hydrogen-bond donors (Lipinski definition) is 5. The Morgan fingerprint density at radius 3 is 2.43 bits per heavy atom. The van der Waals surface area contributed by atoms with E-state index in [1.54, 1.807) is 30.3 Å². The average molecular weight is 669 g/mol. The molecule has 1 aliphatic heterocycles. The molecular weight excluding hydrogens is 620 g/mol. The molecule has 4 aromatic rings. The van der Waals surface area contributed by atoms with Crippen molar-refractivity contribution in [1.29, 1.82) is 0 Å². The SMILES string of the molecule is C.C.C.CCCc1cc(N2CCC(NCC(O)c3ccc(C(=O)NCc4cccc(Cl)c4)cc3)CC2)nc2sc(C(N)=O)c(N)c12. The zero-order valence-corrected chi connectivity index (χ0v) is 25.7. The third kappa shape index (κ3) is 8.97. The Balaban J connectivity index is 0.00000245. The van der Waals surface area contributed by atoms with E-state index in [-0.39, 0.29) is 34.2 Å². The second-order valence-corrected chi connectivity index (χ2v) is 12.3. The Kier molecular flexibility index (Phi) is 14.5. The lowest BCUT2D eigenvalue weighted by molar-refractivity contribution is 0.0949. The van der Waals surface area contributed by atoms with Gasteiger partial charge in [0.05, 0.1) is 11.8 Å². The standard InChI is InChI=1S/C32H37ClN6O3S.3CH4/c1-2-4-22-16-26(38-32-27(22)28(34)29(43-32)30(35)41)39-13-11-24(12-14-39)36-18-25(40)20-7-9-21(10-8-20)31(42)37-17-19-5-3-6-23(33)15-19;;;/h3,5-10,15-16,24-25,36,40H,2,4,11-14,17-18,34H2,1H3,(H2,35,41)(H,37,42);3*1H4. The van der Waals surface area contributed by atoms with Crippen LogP contribution in [0.4, 0.5) is 11.5 Å². The Hall–Kier alpha value is -3.70. The maximum Gasteiger partial charge on any atom is 0.260 e.